The number of rotatable bonds is 12. The number of methoxy groups -OCH3 is 2. The van der Waals surface area contributed by atoms with Gasteiger partial charge >= 0.3 is 17.9 Å². The molecule has 2 N–H and O–H groups in total. The molecule has 0 aromatic heterocycles. The summed E-state index contributed by atoms with van der Waals surface area (Å²) in [4.78, 5) is 49.0. The van der Waals surface area contributed by atoms with Crippen molar-refractivity contribution in [1.29, 1.82) is 0 Å². The first-order chi connectivity index (χ1) is 14.5. The predicted molar refractivity (Wildman–Crippen MR) is 110 cm³/mol. The number of Topliss-reactive ketones (excluding diaryl/α,β-unsaturated/α-hetero) is 1. The number of esters is 2. The van der Waals surface area contributed by atoms with Crippen LogP contribution in [0.1, 0.15) is 46.5 Å². The van der Waals surface area contributed by atoms with Crippen LogP contribution >= 0.6 is 0 Å². The van der Waals surface area contributed by atoms with Gasteiger partial charge in [0.25, 0.3) is 0 Å². The molecule has 1 aliphatic carbocycles. The molecule has 9 nitrogen and oxygen atoms in total. The third kappa shape index (κ3) is 6.13. The summed E-state index contributed by atoms with van der Waals surface area (Å²) < 4.78 is 14.7. The van der Waals surface area contributed by atoms with E-state index in [1.165, 1.54) is 12.2 Å². The average molecular weight is 443 g/mol. The molecule has 4 unspecified atom stereocenters. The molecule has 0 heterocycles. The van der Waals surface area contributed by atoms with Crippen molar-refractivity contribution in [1.82, 2.24) is 0 Å². The Kier molecular flexibility index (Phi) is 9.83. The SMILES string of the molecule is CCCCC(C)(C)C(O)/C=C/C1CC(C(=O)OC)C(=O)C1(COCC(=O)O)C(=O)OC. The number of aliphatic hydroxyl groups excluding tert-OH is 1. The average Bonchev–Trinajstić information content (AvgIpc) is 3.01. The quantitative estimate of drug-likeness (QED) is 0.263. The molecule has 0 radical (unpaired) electrons. The lowest BCUT2D eigenvalue weighted by atomic mass is 9.76. The molecule has 0 bridgehead atoms. The molecule has 31 heavy (non-hydrogen) atoms. The topological polar surface area (TPSA) is 136 Å². The first kappa shape index (κ1) is 26.8. The zero-order valence-corrected chi connectivity index (χ0v) is 18.9. The van der Waals surface area contributed by atoms with Crippen LogP contribution in [0.2, 0.25) is 0 Å². The van der Waals surface area contributed by atoms with Gasteiger partial charge in [-0.2, -0.15) is 0 Å². The minimum absolute atomic E-state index is 0.0460. The Morgan fingerprint density at radius 3 is 2.42 bits per heavy atom. The second-order valence-electron chi connectivity index (χ2n) is 8.55. The van der Waals surface area contributed by atoms with Crippen molar-refractivity contribution in [3.63, 3.8) is 0 Å². The van der Waals surface area contributed by atoms with Gasteiger partial charge in [0.05, 0.1) is 26.9 Å². The van der Waals surface area contributed by atoms with Crippen LogP contribution in [0.15, 0.2) is 12.2 Å². The second-order valence-corrected chi connectivity index (χ2v) is 8.55. The van der Waals surface area contributed by atoms with Gasteiger partial charge in [-0.05, 0) is 18.3 Å². The largest absolute Gasteiger partial charge is 0.480 e. The number of carbonyl (C=O) groups excluding carboxylic acids is 3. The fourth-order valence-electron chi connectivity index (χ4n) is 3.89. The second kappa shape index (κ2) is 11.4. The minimum atomic E-state index is -1.91. The number of hydrogen-bond acceptors (Lipinski definition) is 8. The zero-order valence-electron chi connectivity index (χ0n) is 18.9. The van der Waals surface area contributed by atoms with E-state index < -0.39 is 65.7 Å². The van der Waals surface area contributed by atoms with E-state index in [2.05, 4.69) is 6.92 Å². The summed E-state index contributed by atoms with van der Waals surface area (Å²) in [6, 6.07) is 0. The first-order valence-corrected chi connectivity index (χ1v) is 10.3. The highest BCUT2D eigenvalue weighted by molar-refractivity contribution is 6.14. The van der Waals surface area contributed by atoms with E-state index in [-0.39, 0.29) is 6.42 Å². The van der Waals surface area contributed by atoms with Crippen LogP contribution < -0.4 is 0 Å². The van der Waals surface area contributed by atoms with Gasteiger partial charge < -0.3 is 24.4 Å². The van der Waals surface area contributed by atoms with Crippen molar-refractivity contribution in [3.8, 4) is 0 Å². The Labute approximate surface area is 182 Å². The van der Waals surface area contributed by atoms with E-state index in [0.29, 0.717) is 0 Å². The predicted octanol–water partition coefficient (Wildman–Crippen LogP) is 1.76. The van der Waals surface area contributed by atoms with Crippen molar-refractivity contribution in [2.45, 2.75) is 52.6 Å². The highest BCUT2D eigenvalue weighted by atomic mass is 16.5. The maximum atomic E-state index is 13.2. The molecule has 1 aliphatic rings. The third-order valence-electron chi connectivity index (χ3n) is 5.97. The van der Waals surface area contributed by atoms with Crippen molar-refractivity contribution in [3.05, 3.63) is 12.2 Å². The Balaban J connectivity index is 3.31. The highest BCUT2D eigenvalue weighted by Gasteiger charge is 2.62. The van der Waals surface area contributed by atoms with Gasteiger partial charge in [-0.15, -0.1) is 0 Å². The fraction of sp³-hybridized carbons (Fsp3) is 0.727. The number of ether oxygens (including phenoxy) is 3. The zero-order chi connectivity index (χ0) is 23.8. The van der Waals surface area contributed by atoms with E-state index in [1.807, 2.05) is 13.8 Å². The van der Waals surface area contributed by atoms with E-state index >= 15 is 0 Å². The molecule has 0 amide bonds. The van der Waals surface area contributed by atoms with Gasteiger partial charge in [-0.3, -0.25) is 14.4 Å². The summed E-state index contributed by atoms with van der Waals surface area (Å²) in [6.45, 7) is 4.59. The first-order valence-electron chi connectivity index (χ1n) is 10.3. The Morgan fingerprint density at radius 2 is 1.90 bits per heavy atom. The van der Waals surface area contributed by atoms with Gasteiger partial charge in [0, 0.05) is 5.92 Å². The van der Waals surface area contributed by atoms with Crippen molar-refractivity contribution >= 4 is 23.7 Å². The van der Waals surface area contributed by atoms with E-state index in [0.717, 1.165) is 33.5 Å². The Bertz CT molecular complexity index is 697. The van der Waals surface area contributed by atoms with E-state index in [4.69, 9.17) is 19.3 Å². The van der Waals surface area contributed by atoms with Crippen molar-refractivity contribution in [2.24, 2.45) is 22.7 Å². The molecule has 9 heteroatoms. The maximum Gasteiger partial charge on any atom is 0.329 e. The molecule has 1 fully saturated rings. The van der Waals surface area contributed by atoms with Crippen LogP contribution in [0, 0.1) is 22.7 Å². The standard InChI is InChI=1S/C22H34O9/c1-6-7-10-21(2,3)16(23)9-8-14-11-15(19(27)29-4)18(26)22(14,20(28)30-5)13-31-12-17(24)25/h8-9,14-16,23H,6-7,10-13H2,1-5H3,(H,24,25)/b9-8+. The van der Waals surface area contributed by atoms with Crippen molar-refractivity contribution in [2.75, 3.05) is 27.4 Å². The number of aliphatic hydroxyl groups is 1. The number of allylic oxidation sites excluding steroid dienone is 1. The van der Waals surface area contributed by atoms with Gasteiger partial charge in [0.15, 0.2) is 11.2 Å². The summed E-state index contributed by atoms with van der Waals surface area (Å²) in [7, 11) is 2.24. The number of unbranched alkanes of at least 4 members (excludes halogenated alkanes) is 1. The third-order valence-corrected chi connectivity index (χ3v) is 5.97. The number of aliphatic carboxylic acids is 1. The molecule has 176 valence electrons. The number of ketones is 1. The van der Waals surface area contributed by atoms with E-state index in [9.17, 15) is 24.3 Å². The molecule has 0 spiro atoms. The highest BCUT2D eigenvalue weighted by Crippen LogP contribution is 2.46. The lowest BCUT2D eigenvalue weighted by Gasteiger charge is -2.31. The molecule has 1 saturated carbocycles. The van der Waals surface area contributed by atoms with E-state index in [1.54, 1.807) is 0 Å². The molecule has 0 saturated heterocycles. The maximum absolute atomic E-state index is 13.2. The number of carboxylic acid groups (broad SMARTS) is 1. The van der Waals surface area contributed by atoms with Crippen LogP contribution in [0.5, 0.6) is 0 Å². The summed E-state index contributed by atoms with van der Waals surface area (Å²) in [5.41, 5.74) is -2.35. The summed E-state index contributed by atoms with van der Waals surface area (Å²) in [5, 5.41) is 19.5. The number of carbonyl (C=O) groups is 4. The summed E-state index contributed by atoms with van der Waals surface area (Å²) in [5.74, 6) is -5.81. The van der Waals surface area contributed by atoms with Crippen LogP contribution in [0.3, 0.4) is 0 Å². The van der Waals surface area contributed by atoms with Gasteiger partial charge in [-0.25, -0.2) is 4.79 Å². The molecular weight excluding hydrogens is 408 g/mol. The monoisotopic (exact) mass is 442 g/mol. The number of carboxylic acids is 1. The van der Waals surface area contributed by atoms with Gasteiger partial charge in [0.1, 0.15) is 12.5 Å². The Morgan fingerprint density at radius 1 is 1.26 bits per heavy atom. The fourth-order valence-corrected chi connectivity index (χ4v) is 3.89. The van der Waals surface area contributed by atoms with Crippen LogP contribution in [0.4, 0.5) is 0 Å². The molecule has 0 aromatic rings. The summed E-state index contributed by atoms with van der Waals surface area (Å²) in [6.07, 6.45) is 4.82. The lowest BCUT2D eigenvalue weighted by Crippen LogP contribution is -2.47. The summed E-state index contributed by atoms with van der Waals surface area (Å²) >= 11 is 0. The Hall–Kier alpha value is -2.26. The number of hydrogen-bond donors (Lipinski definition) is 2. The van der Waals surface area contributed by atoms with Gasteiger partial charge in [-0.1, -0.05) is 45.8 Å². The van der Waals surface area contributed by atoms with Crippen LogP contribution in [-0.4, -0.2) is 67.4 Å². The minimum Gasteiger partial charge on any atom is -0.480 e. The normalized spacial score (nSPS) is 24.9. The molecule has 1 rings (SSSR count). The molecule has 0 aliphatic heterocycles. The lowest BCUT2D eigenvalue weighted by molar-refractivity contribution is -0.166. The van der Waals surface area contributed by atoms with Crippen LogP contribution in [-0.2, 0) is 33.4 Å². The smallest absolute Gasteiger partial charge is 0.329 e. The molecule has 0 aromatic carbocycles. The molecular formula is C22H34O9. The molecule has 4 atom stereocenters. The van der Waals surface area contributed by atoms with Crippen LogP contribution in [0.25, 0.3) is 0 Å². The van der Waals surface area contributed by atoms with Gasteiger partial charge in [0.2, 0.25) is 0 Å². The van der Waals surface area contributed by atoms with Crippen molar-refractivity contribution < 1.29 is 43.6 Å².